The van der Waals surface area contributed by atoms with Crippen molar-refractivity contribution in [1.82, 2.24) is 0 Å². The fraction of sp³-hybridized carbons (Fsp3) is 0.765. The average Bonchev–Trinajstić information content (AvgIpc) is 2.77. The second-order valence-electron chi connectivity index (χ2n) is 7.08. The summed E-state index contributed by atoms with van der Waals surface area (Å²) in [4.78, 5) is 0. The highest BCUT2D eigenvalue weighted by Gasteiger charge is 2.59. The molecule has 2 atom stereocenters. The van der Waals surface area contributed by atoms with Crippen LogP contribution in [0.2, 0.25) is 0 Å². The van der Waals surface area contributed by atoms with Crippen molar-refractivity contribution in [2.24, 2.45) is 17.3 Å². The zero-order valence-electron chi connectivity index (χ0n) is 12.5. The van der Waals surface area contributed by atoms with Crippen LogP contribution in [-0.2, 0) is 9.47 Å². The van der Waals surface area contributed by atoms with Gasteiger partial charge in [0.05, 0.1) is 13.2 Å². The van der Waals surface area contributed by atoms with Crippen LogP contribution < -0.4 is 0 Å². The second kappa shape index (κ2) is 4.46. The minimum absolute atomic E-state index is 0.329. The second-order valence-corrected chi connectivity index (χ2v) is 7.08. The van der Waals surface area contributed by atoms with E-state index < -0.39 is 0 Å². The largest absolute Gasteiger partial charge is 0.348 e. The molecule has 1 saturated carbocycles. The van der Waals surface area contributed by atoms with Crippen molar-refractivity contribution >= 4 is 0 Å². The molecule has 106 valence electrons. The minimum atomic E-state index is -0.329. The predicted molar refractivity (Wildman–Crippen MR) is 76.8 cm³/mol. The van der Waals surface area contributed by atoms with Crippen molar-refractivity contribution in [1.29, 1.82) is 0 Å². The predicted octanol–water partition coefficient (Wildman–Crippen LogP) is 4.08. The molecule has 0 amide bonds. The van der Waals surface area contributed by atoms with Crippen molar-refractivity contribution in [3.63, 3.8) is 0 Å². The summed E-state index contributed by atoms with van der Waals surface area (Å²) in [6, 6.07) is 0. The van der Waals surface area contributed by atoms with Crippen molar-refractivity contribution in [3.8, 4) is 0 Å². The molecule has 0 radical (unpaired) electrons. The molecular formula is C17H26O2. The molecule has 1 saturated heterocycles. The van der Waals surface area contributed by atoms with Crippen molar-refractivity contribution in [2.75, 3.05) is 13.2 Å². The highest BCUT2D eigenvalue weighted by molar-refractivity contribution is 5.41. The van der Waals surface area contributed by atoms with Gasteiger partial charge in [-0.1, -0.05) is 32.1 Å². The Morgan fingerprint density at radius 3 is 2.53 bits per heavy atom. The Morgan fingerprint density at radius 1 is 1.26 bits per heavy atom. The number of hydrogen-bond acceptors (Lipinski definition) is 2. The Balaban J connectivity index is 1.61. The summed E-state index contributed by atoms with van der Waals surface area (Å²) in [6.45, 7) is 12.6. The summed E-state index contributed by atoms with van der Waals surface area (Å²) in [5.74, 6) is 1.15. The SMILES string of the molecule is C=C1CCC=C1C1C(CCC2(C)OCCO2)C1(C)C. The van der Waals surface area contributed by atoms with Crippen LogP contribution in [0.4, 0.5) is 0 Å². The maximum atomic E-state index is 5.71. The smallest absolute Gasteiger partial charge is 0.165 e. The fourth-order valence-electron chi connectivity index (χ4n) is 4.06. The zero-order valence-corrected chi connectivity index (χ0v) is 12.5. The molecule has 0 N–H and O–H groups in total. The van der Waals surface area contributed by atoms with Crippen LogP contribution in [0.1, 0.15) is 46.5 Å². The number of ether oxygens (including phenoxy) is 2. The molecule has 0 aromatic carbocycles. The maximum absolute atomic E-state index is 5.71. The first-order valence-electron chi connectivity index (χ1n) is 7.60. The Labute approximate surface area is 116 Å². The lowest BCUT2D eigenvalue weighted by atomic mass is 10.00. The third-order valence-corrected chi connectivity index (χ3v) is 5.41. The van der Waals surface area contributed by atoms with E-state index in [2.05, 4.69) is 33.4 Å². The zero-order chi connectivity index (χ0) is 13.7. The van der Waals surface area contributed by atoms with Gasteiger partial charge in [-0.15, -0.1) is 0 Å². The quantitative estimate of drug-likeness (QED) is 0.760. The molecule has 2 fully saturated rings. The molecule has 3 rings (SSSR count). The van der Waals surface area contributed by atoms with E-state index in [1.807, 2.05) is 0 Å². The lowest BCUT2D eigenvalue weighted by Crippen LogP contribution is -2.25. The van der Waals surface area contributed by atoms with Gasteiger partial charge in [-0.05, 0) is 49.0 Å². The Hall–Kier alpha value is -0.600. The monoisotopic (exact) mass is 262 g/mol. The molecule has 3 aliphatic rings. The molecule has 19 heavy (non-hydrogen) atoms. The molecule has 2 nitrogen and oxygen atoms in total. The van der Waals surface area contributed by atoms with Crippen molar-refractivity contribution in [3.05, 3.63) is 23.8 Å². The molecule has 0 spiro atoms. The van der Waals surface area contributed by atoms with Gasteiger partial charge in [0.2, 0.25) is 0 Å². The molecule has 2 unspecified atom stereocenters. The van der Waals surface area contributed by atoms with Gasteiger partial charge in [-0.3, -0.25) is 0 Å². The Morgan fingerprint density at radius 2 is 1.95 bits per heavy atom. The molecule has 0 aromatic heterocycles. The summed E-state index contributed by atoms with van der Waals surface area (Å²) in [5, 5.41) is 0. The van der Waals surface area contributed by atoms with Crippen LogP contribution in [-0.4, -0.2) is 19.0 Å². The molecule has 1 aliphatic heterocycles. The van der Waals surface area contributed by atoms with E-state index in [1.165, 1.54) is 24.8 Å². The summed E-state index contributed by atoms with van der Waals surface area (Å²) < 4.78 is 11.4. The van der Waals surface area contributed by atoms with Crippen LogP contribution in [0, 0.1) is 17.3 Å². The van der Waals surface area contributed by atoms with E-state index in [4.69, 9.17) is 9.47 Å². The summed E-state index contributed by atoms with van der Waals surface area (Å²) in [6.07, 6.45) is 6.98. The van der Waals surface area contributed by atoms with Gasteiger partial charge in [-0.25, -0.2) is 0 Å². The average molecular weight is 262 g/mol. The number of hydrogen-bond donors (Lipinski definition) is 0. The fourth-order valence-corrected chi connectivity index (χ4v) is 4.06. The molecule has 0 aromatic rings. The van der Waals surface area contributed by atoms with E-state index in [0.717, 1.165) is 25.6 Å². The van der Waals surface area contributed by atoms with Crippen molar-refractivity contribution in [2.45, 2.75) is 52.2 Å². The molecule has 2 aliphatic carbocycles. The van der Waals surface area contributed by atoms with E-state index in [9.17, 15) is 0 Å². The normalized spacial score (nSPS) is 35.5. The van der Waals surface area contributed by atoms with Gasteiger partial charge < -0.3 is 9.47 Å². The first-order valence-corrected chi connectivity index (χ1v) is 7.60. The highest BCUT2D eigenvalue weighted by atomic mass is 16.7. The van der Waals surface area contributed by atoms with Crippen LogP contribution in [0.25, 0.3) is 0 Å². The van der Waals surface area contributed by atoms with Crippen molar-refractivity contribution < 1.29 is 9.47 Å². The van der Waals surface area contributed by atoms with Crippen LogP contribution in [0.3, 0.4) is 0 Å². The van der Waals surface area contributed by atoms with Gasteiger partial charge >= 0.3 is 0 Å². The van der Waals surface area contributed by atoms with Gasteiger partial charge in [0, 0.05) is 6.42 Å². The van der Waals surface area contributed by atoms with E-state index in [0.29, 0.717) is 11.3 Å². The van der Waals surface area contributed by atoms with E-state index in [-0.39, 0.29) is 5.79 Å². The topological polar surface area (TPSA) is 18.5 Å². The van der Waals surface area contributed by atoms with Crippen LogP contribution in [0.5, 0.6) is 0 Å². The summed E-state index contributed by atoms with van der Waals surface area (Å²) in [5.41, 5.74) is 3.35. The Kier molecular flexibility index (Phi) is 3.14. The molecule has 0 bridgehead atoms. The number of rotatable bonds is 4. The summed E-state index contributed by atoms with van der Waals surface area (Å²) >= 11 is 0. The van der Waals surface area contributed by atoms with E-state index in [1.54, 1.807) is 5.57 Å². The van der Waals surface area contributed by atoms with Gasteiger partial charge in [0.25, 0.3) is 0 Å². The van der Waals surface area contributed by atoms with Gasteiger partial charge in [-0.2, -0.15) is 0 Å². The van der Waals surface area contributed by atoms with Crippen LogP contribution in [0.15, 0.2) is 23.8 Å². The third-order valence-electron chi connectivity index (χ3n) is 5.41. The van der Waals surface area contributed by atoms with Gasteiger partial charge in [0.1, 0.15) is 0 Å². The third kappa shape index (κ3) is 2.30. The van der Waals surface area contributed by atoms with E-state index >= 15 is 0 Å². The standard InChI is InChI=1S/C17H26O2/c1-12-6-5-7-13(12)15-14(16(15,2)3)8-9-17(4)18-10-11-19-17/h7,14-15H,1,5-6,8-11H2,2-4H3. The first kappa shape index (κ1) is 13.4. The lowest BCUT2D eigenvalue weighted by molar-refractivity contribution is -0.148. The minimum Gasteiger partial charge on any atom is -0.348 e. The lowest BCUT2D eigenvalue weighted by Gasteiger charge is -2.22. The molecule has 2 heteroatoms. The molecule has 1 heterocycles. The summed E-state index contributed by atoms with van der Waals surface area (Å²) in [7, 11) is 0. The number of allylic oxidation sites excluding steroid dienone is 3. The highest BCUT2D eigenvalue weighted by Crippen LogP contribution is 2.65. The van der Waals surface area contributed by atoms with Gasteiger partial charge in [0.15, 0.2) is 5.79 Å². The Bertz CT molecular complexity index is 413. The maximum Gasteiger partial charge on any atom is 0.165 e. The molecular weight excluding hydrogens is 236 g/mol. The van der Waals surface area contributed by atoms with Crippen LogP contribution >= 0.6 is 0 Å². The first-order chi connectivity index (χ1) is 8.94.